The number of rotatable bonds is 8. The van der Waals surface area contributed by atoms with Crippen LogP contribution in [0.15, 0.2) is 24.3 Å². The van der Waals surface area contributed by atoms with Crippen LogP contribution in [0.2, 0.25) is 0 Å². The van der Waals surface area contributed by atoms with Crippen molar-refractivity contribution in [2.45, 2.75) is 32.6 Å². The summed E-state index contributed by atoms with van der Waals surface area (Å²) in [4.78, 5) is 2.14. The second-order valence-corrected chi connectivity index (χ2v) is 4.72. The summed E-state index contributed by atoms with van der Waals surface area (Å²) in [6, 6.07) is 8.41. The SMILES string of the molecule is CCCCCc1ccccc1OCCN(C)C. The van der Waals surface area contributed by atoms with Crippen LogP contribution >= 0.6 is 0 Å². The Balaban J connectivity index is 2.46. The van der Waals surface area contributed by atoms with E-state index in [1.807, 2.05) is 6.07 Å². The highest BCUT2D eigenvalue weighted by Gasteiger charge is 2.02. The standard InChI is InChI=1S/C15H25NO/c1-4-5-6-9-14-10-7-8-11-15(14)17-13-12-16(2)3/h7-8,10-11H,4-6,9,12-13H2,1-3H3. The van der Waals surface area contributed by atoms with E-state index in [4.69, 9.17) is 4.74 Å². The van der Waals surface area contributed by atoms with Crippen molar-refractivity contribution in [2.75, 3.05) is 27.2 Å². The van der Waals surface area contributed by atoms with Gasteiger partial charge in [-0.05, 0) is 38.6 Å². The van der Waals surface area contributed by atoms with E-state index in [1.54, 1.807) is 0 Å². The van der Waals surface area contributed by atoms with Crippen molar-refractivity contribution in [3.8, 4) is 5.75 Å². The van der Waals surface area contributed by atoms with Crippen LogP contribution < -0.4 is 4.74 Å². The molecule has 2 heteroatoms. The molecule has 2 nitrogen and oxygen atoms in total. The highest BCUT2D eigenvalue weighted by molar-refractivity contribution is 5.33. The Bertz CT molecular complexity index is 310. The van der Waals surface area contributed by atoms with E-state index in [0.29, 0.717) is 0 Å². The van der Waals surface area contributed by atoms with E-state index in [2.05, 4.69) is 44.1 Å². The van der Waals surface area contributed by atoms with Gasteiger partial charge in [0.15, 0.2) is 0 Å². The van der Waals surface area contributed by atoms with Gasteiger partial charge in [0.2, 0.25) is 0 Å². The largest absolute Gasteiger partial charge is 0.492 e. The predicted octanol–water partition coefficient (Wildman–Crippen LogP) is 3.36. The van der Waals surface area contributed by atoms with Gasteiger partial charge in [-0.1, -0.05) is 38.0 Å². The highest BCUT2D eigenvalue weighted by Crippen LogP contribution is 2.20. The van der Waals surface area contributed by atoms with Crippen molar-refractivity contribution in [1.29, 1.82) is 0 Å². The molecule has 17 heavy (non-hydrogen) atoms. The summed E-state index contributed by atoms with van der Waals surface area (Å²) in [5.74, 6) is 1.06. The second-order valence-electron chi connectivity index (χ2n) is 4.72. The molecule has 0 aliphatic rings. The molecule has 1 rings (SSSR count). The fraction of sp³-hybridized carbons (Fsp3) is 0.600. The Labute approximate surface area is 106 Å². The Morgan fingerprint density at radius 1 is 1.12 bits per heavy atom. The van der Waals surface area contributed by atoms with Gasteiger partial charge in [0, 0.05) is 6.54 Å². The lowest BCUT2D eigenvalue weighted by Crippen LogP contribution is -2.19. The summed E-state index contributed by atoms with van der Waals surface area (Å²) >= 11 is 0. The maximum absolute atomic E-state index is 5.84. The third-order valence-corrected chi connectivity index (χ3v) is 2.82. The Hall–Kier alpha value is -1.02. The molecule has 0 heterocycles. The van der Waals surface area contributed by atoms with Crippen LogP contribution in [0.25, 0.3) is 0 Å². The number of likely N-dealkylation sites (N-methyl/N-ethyl adjacent to an activating group) is 1. The fourth-order valence-electron chi connectivity index (χ4n) is 1.75. The van der Waals surface area contributed by atoms with Gasteiger partial charge < -0.3 is 9.64 Å². The Kier molecular flexibility index (Phi) is 6.71. The zero-order valence-electron chi connectivity index (χ0n) is 11.4. The third kappa shape index (κ3) is 5.73. The lowest BCUT2D eigenvalue weighted by Gasteiger charge is -2.13. The average Bonchev–Trinajstić information content (AvgIpc) is 2.31. The molecule has 0 aliphatic carbocycles. The van der Waals surface area contributed by atoms with Crippen molar-refractivity contribution in [3.05, 3.63) is 29.8 Å². The maximum Gasteiger partial charge on any atom is 0.122 e. The molecule has 0 saturated carbocycles. The summed E-state index contributed by atoms with van der Waals surface area (Å²) in [6.07, 6.45) is 4.95. The molecular weight excluding hydrogens is 210 g/mol. The first-order chi connectivity index (χ1) is 8.24. The number of unbranched alkanes of at least 4 members (excludes halogenated alkanes) is 2. The maximum atomic E-state index is 5.84. The molecule has 0 saturated heterocycles. The number of ether oxygens (including phenoxy) is 1. The van der Waals surface area contributed by atoms with E-state index in [-0.39, 0.29) is 0 Å². The molecule has 0 aliphatic heterocycles. The van der Waals surface area contributed by atoms with E-state index in [9.17, 15) is 0 Å². The van der Waals surface area contributed by atoms with Crippen molar-refractivity contribution >= 4 is 0 Å². The van der Waals surface area contributed by atoms with Crippen LogP contribution in [-0.4, -0.2) is 32.1 Å². The Morgan fingerprint density at radius 3 is 2.59 bits per heavy atom. The number of hydrogen-bond acceptors (Lipinski definition) is 2. The molecule has 0 aromatic heterocycles. The zero-order chi connectivity index (χ0) is 12.5. The van der Waals surface area contributed by atoms with Gasteiger partial charge in [-0.25, -0.2) is 0 Å². The number of hydrogen-bond donors (Lipinski definition) is 0. The molecule has 0 N–H and O–H groups in total. The van der Waals surface area contributed by atoms with Crippen molar-refractivity contribution < 1.29 is 4.74 Å². The van der Waals surface area contributed by atoms with E-state index in [0.717, 1.165) is 25.3 Å². The molecule has 0 atom stereocenters. The molecule has 0 amide bonds. The summed E-state index contributed by atoms with van der Waals surface area (Å²) in [5, 5.41) is 0. The molecule has 0 fully saturated rings. The van der Waals surface area contributed by atoms with Crippen LogP contribution in [-0.2, 0) is 6.42 Å². The molecule has 0 unspecified atom stereocenters. The summed E-state index contributed by atoms with van der Waals surface area (Å²) < 4.78 is 5.84. The van der Waals surface area contributed by atoms with Gasteiger partial charge in [-0.15, -0.1) is 0 Å². The second kappa shape index (κ2) is 8.13. The minimum absolute atomic E-state index is 0.762. The number of nitrogens with zero attached hydrogens (tertiary/aromatic N) is 1. The van der Waals surface area contributed by atoms with Crippen LogP contribution in [0.4, 0.5) is 0 Å². The quantitative estimate of drug-likeness (QED) is 0.641. The van der Waals surface area contributed by atoms with Crippen molar-refractivity contribution in [2.24, 2.45) is 0 Å². The van der Waals surface area contributed by atoms with Gasteiger partial charge in [0.05, 0.1) is 0 Å². The highest BCUT2D eigenvalue weighted by atomic mass is 16.5. The third-order valence-electron chi connectivity index (χ3n) is 2.82. The minimum atomic E-state index is 0.762. The van der Waals surface area contributed by atoms with Gasteiger partial charge >= 0.3 is 0 Å². The number of aryl methyl sites for hydroxylation is 1. The van der Waals surface area contributed by atoms with Crippen molar-refractivity contribution in [3.63, 3.8) is 0 Å². The molecule has 1 aromatic carbocycles. The molecule has 0 spiro atoms. The first-order valence-electron chi connectivity index (χ1n) is 6.59. The Morgan fingerprint density at radius 2 is 1.88 bits per heavy atom. The lowest BCUT2D eigenvalue weighted by molar-refractivity contribution is 0.259. The monoisotopic (exact) mass is 235 g/mol. The smallest absolute Gasteiger partial charge is 0.122 e. The van der Waals surface area contributed by atoms with Gasteiger partial charge in [0.25, 0.3) is 0 Å². The van der Waals surface area contributed by atoms with Crippen LogP contribution in [0.3, 0.4) is 0 Å². The van der Waals surface area contributed by atoms with Gasteiger partial charge in [-0.2, -0.15) is 0 Å². The zero-order valence-corrected chi connectivity index (χ0v) is 11.4. The topological polar surface area (TPSA) is 12.5 Å². The number of benzene rings is 1. The van der Waals surface area contributed by atoms with Gasteiger partial charge in [-0.3, -0.25) is 0 Å². The van der Waals surface area contributed by atoms with E-state index >= 15 is 0 Å². The van der Waals surface area contributed by atoms with E-state index in [1.165, 1.54) is 24.8 Å². The van der Waals surface area contributed by atoms with Crippen LogP contribution in [0.1, 0.15) is 31.7 Å². The molecule has 1 aromatic rings. The van der Waals surface area contributed by atoms with E-state index < -0.39 is 0 Å². The predicted molar refractivity (Wildman–Crippen MR) is 73.7 cm³/mol. The van der Waals surface area contributed by atoms with Crippen LogP contribution in [0, 0.1) is 0 Å². The molecule has 0 bridgehead atoms. The summed E-state index contributed by atoms with van der Waals surface area (Å²) in [7, 11) is 4.13. The number of para-hydroxylation sites is 1. The fourth-order valence-corrected chi connectivity index (χ4v) is 1.75. The normalized spacial score (nSPS) is 10.8. The summed E-state index contributed by atoms with van der Waals surface area (Å²) in [6.45, 7) is 3.96. The first kappa shape index (κ1) is 14.0. The molecule has 96 valence electrons. The summed E-state index contributed by atoms with van der Waals surface area (Å²) in [5.41, 5.74) is 1.35. The lowest BCUT2D eigenvalue weighted by atomic mass is 10.1. The molecule has 0 radical (unpaired) electrons. The van der Waals surface area contributed by atoms with Gasteiger partial charge in [0.1, 0.15) is 12.4 Å². The first-order valence-corrected chi connectivity index (χ1v) is 6.59. The molecular formula is C15H25NO. The minimum Gasteiger partial charge on any atom is -0.492 e. The van der Waals surface area contributed by atoms with Crippen molar-refractivity contribution in [1.82, 2.24) is 4.90 Å². The average molecular weight is 235 g/mol. The van der Waals surface area contributed by atoms with Crippen LogP contribution in [0.5, 0.6) is 5.75 Å².